The highest BCUT2D eigenvalue weighted by Gasteiger charge is 2.46. The van der Waals surface area contributed by atoms with Gasteiger partial charge in [0.25, 0.3) is 0 Å². The predicted molar refractivity (Wildman–Crippen MR) is 72.9 cm³/mol. The van der Waals surface area contributed by atoms with Gasteiger partial charge < -0.3 is 10.1 Å². The first-order valence-corrected chi connectivity index (χ1v) is 7.26. The van der Waals surface area contributed by atoms with Crippen molar-refractivity contribution in [2.45, 2.75) is 46.1 Å². The molecule has 1 aromatic rings. The Labute approximate surface area is 112 Å². The average molecular weight is 268 g/mol. The lowest BCUT2D eigenvalue weighted by molar-refractivity contribution is -0.143. The number of anilines is 1. The Hall–Kier alpha value is -1.10. The van der Waals surface area contributed by atoms with Crippen molar-refractivity contribution in [1.29, 1.82) is 0 Å². The van der Waals surface area contributed by atoms with Crippen molar-refractivity contribution < 1.29 is 9.53 Å². The number of esters is 1. The Morgan fingerprint density at radius 1 is 1.67 bits per heavy atom. The molecule has 4 nitrogen and oxygen atoms in total. The smallest absolute Gasteiger partial charge is 0.306 e. The molecule has 0 spiro atoms. The van der Waals surface area contributed by atoms with Gasteiger partial charge >= 0.3 is 5.97 Å². The summed E-state index contributed by atoms with van der Waals surface area (Å²) >= 11 is 1.61. The summed E-state index contributed by atoms with van der Waals surface area (Å²) in [5, 5.41) is 6.40. The summed E-state index contributed by atoms with van der Waals surface area (Å²) in [6.07, 6.45) is 2.27. The Morgan fingerprint density at radius 2 is 2.39 bits per heavy atom. The van der Waals surface area contributed by atoms with Gasteiger partial charge in [0.15, 0.2) is 5.13 Å². The zero-order chi connectivity index (χ0) is 13.2. The van der Waals surface area contributed by atoms with Crippen molar-refractivity contribution in [1.82, 2.24) is 4.98 Å². The van der Waals surface area contributed by atoms with Crippen LogP contribution in [0.25, 0.3) is 0 Å². The van der Waals surface area contributed by atoms with Crippen molar-refractivity contribution in [3.8, 4) is 0 Å². The third-order valence-electron chi connectivity index (χ3n) is 3.25. The molecule has 0 radical (unpaired) electrons. The maximum atomic E-state index is 11.2. The number of nitrogens with zero attached hydrogens (tertiary/aromatic N) is 1. The molecule has 1 fully saturated rings. The third-order valence-corrected chi connectivity index (χ3v) is 4.08. The number of thiazole rings is 1. The molecule has 1 atom stereocenters. The standard InChI is InChI=1S/C13H20N2O2S/c1-4-17-11(16)6-5-9-8-18-12(14-9)15-10-7-13(10,2)3/h8,10H,4-7H2,1-3H3,(H,14,15). The molecule has 1 unspecified atom stereocenters. The molecule has 0 saturated heterocycles. The van der Waals surface area contributed by atoms with Gasteiger partial charge in [0, 0.05) is 17.8 Å². The molecule has 1 aromatic heterocycles. The second kappa shape index (κ2) is 5.26. The van der Waals surface area contributed by atoms with Gasteiger partial charge in [-0.25, -0.2) is 4.98 Å². The van der Waals surface area contributed by atoms with E-state index in [9.17, 15) is 4.79 Å². The fourth-order valence-electron chi connectivity index (χ4n) is 1.81. The lowest BCUT2D eigenvalue weighted by Crippen LogP contribution is -2.08. The number of carbonyl (C=O) groups is 1. The predicted octanol–water partition coefficient (Wildman–Crippen LogP) is 2.85. The third kappa shape index (κ3) is 3.45. The highest BCUT2D eigenvalue weighted by atomic mass is 32.1. The highest BCUT2D eigenvalue weighted by Crippen LogP contribution is 2.46. The van der Waals surface area contributed by atoms with Crippen LogP contribution in [0.1, 0.15) is 39.3 Å². The number of carbonyl (C=O) groups excluding carboxylic acids is 1. The molecule has 0 bridgehead atoms. The molecule has 1 N–H and O–H groups in total. The van der Waals surface area contributed by atoms with Crippen molar-refractivity contribution in [3.05, 3.63) is 11.1 Å². The van der Waals surface area contributed by atoms with Crippen molar-refractivity contribution in [3.63, 3.8) is 0 Å². The molecule has 2 rings (SSSR count). The van der Waals surface area contributed by atoms with Gasteiger partial charge in [-0.15, -0.1) is 11.3 Å². The van der Waals surface area contributed by atoms with Gasteiger partial charge in [-0.1, -0.05) is 13.8 Å². The molecule has 5 heteroatoms. The summed E-state index contributed by atoms with van der Waals surface area (Å²) in [4.78, 5) is 15.7. The monoisotopic (exact) mass is 268 g/mol. The van der Waals surface area contributed by atoms with Crippen LogP contribution in [0.3, 0.4) is 0 Å². The first kappa shape index (κ1) is 13.3. The van der Waals surface area contributed by atoms with E-state index in [2.05, 4.69) is 24.1 Å². The first-order valence-electron chi connectivity index (χ1n) is 6.38. The number of hydrogen-bond donors (Lipinski definition) is 1. The van der Waals surface area contributed by atoms with Crippen LogP contribution in [0.2, 0.25) is 0 Å². The topological polar surface area (TPSA) is 51.2 Å². The summed E-state index contributed by atoms with van der Waals surface area (Å²) in [6, 6.07) is 0.543. The van der Waals surface area contributed by atoms with Crippen LogP contribution in [-0.4, -0.2) is 23.6 Å². The molecule has 1 saturated carbocycles. The lowest BCUT2D eigenvalue weighted by Gasteiger charge is -2.03. The van der Waals surface area contributed by atoms with E-state index in [1.54, 1.807) is 11.3 Å². The van der Waals surface area contributed by atoms with Crippen LogP contribution < -0.4 is 5.32 Å². The van der Waals surface area contributed by atoms with E-state index in [1.807, 2.05) is 12.3 Å². The minimum atomic E-state index is -0.150. The van der Waals surface area contributed by atoms with Crippen LogP contribution in [0.4, 0.5) is 5.13 Å². The Morgan fingerprint density at radius 3 is 3.00 bits per heavy atom. The minimum Gasteiger partial charge on any atom is -0.466 e. The normalized spacial score (nSPS) is 20.5. The summed E-state index contributed by atoms with van der Waals surface area (Å²) in [5.74, 6) is -0.150. The van der Waals surface area contributed by atoms with E-state index in [1.165, 1.54) is 6.42 Å². The summed E-state index contributed by atoms with van der Waals surface area (Å²) < 4.78 is 4.89. The largest absolute Gasteiger partial charge is 0.466 e. The van der Waals surface area contributed by atoms with Crippen molar-refractivity contribution in [2.24, 2.45) is 5.41 Å². The maximum Gasteiger partial charge on any atom is 0.306 e. The SMILES string of the molecule is CCOC(=O)CCc1csc(NC2CC2(C)C)n1. The first-order chi connectivity index (χ1) is 8.51. The van der Waals surface area contributed by atoms with E-state index >= 15 is 0 Å². The fourth-order valence-corrected chi connectivity index (χ4v) is 2.61. The quantitative estimate of drug-likeness (QED) is 0.806. The van der Waals surface area contributed by atoms with E-state index in [0.29, 0.717) is 30.9 Å². The van der Waals surface area contributed by atoms with Gasteiger partial charge in [-0.2, -0.15) is 0 Å². The molecular formula is C13H20N2O2S. The van der Waals surface area contributed by atoms with Crippen LogP contribution in [0, 0.1) is 5.41 Å². The van der Waals surface area contributed by atoms with Crippen LogP contribution in [0.5, 0.6) is 0 Å². The lowest BCUT2D eigenvalue weighted by atomic mass is 10.2. The second-order valence-electron chi connectivity index (χ2n) is 5.34. The summed E-state index contributed by atoms with van der Waals surface area (Å²) in [7, 11) is 0. The molecule has 18 heavy (non-hydrogen) atoms. The maximum absolute atomic E-state index is 11.2. The number of aryl methyl sites for hydroxylation is 1. The average Bonchev–Trinajstić information content (AvgIpc) is 2.74. The van der Waals surface area contributed by atoms with Gasteiger partial charge in [0.05, 0.1) is 18.7 Å². The number of aromatic nitrogens is 1. The molecule has 0 aliphatic heterocycles. The van der Waals surface area contributed by atoms with E-state index in [0.717, 1.165) is 10.8 Å². The van der Waals surface area contributed by atoms with Gasteiger partial charge in [-0.3, -0.25) is 4.79 Å². The molecule has 1 aliphatic carbocycles. The van der Waals surface area contributed by atoms with Crippen LogP contribution >= 0.6 is 11.3 Å². The zero-order valence-electron chi connectivity index (χ0n) is 11.2. The molecule has 0 aromatic carbocycles. The van der Waals surface area contributed by atoms with E-state index in [-0.39, 0.29) is 5.97 Å². The van der Waals surface area contributed by atoms with Crippen molar-refractivity contribution in [2.75, 3.05) is 11.9 Å². The Balaban J connectivity index is 1.78. The Kier molecular flexibility index (Phi) is 3.90. The molecular weight excluding hydrogens is 248 g/mol. The number of hydrogen-bond acceptors (Lipinski definition) is 5. The number of ether oxygens (including phenoxy) is 1. The second-order valence-corrected chi connectivity index (χ2v) is 6.20. The van der Waals surface area contributed by atoms with Crippen LogP contribution in [0.15, 0.2) is 5.38 Å². The fraction of sp³-hybridized carbons (Fsp3) is 0.692. The highest BCUT2D eigenvalue weighted by molar-refractivity contribution is 7.13. The summed E-state index contributed by atoms with van der Waals surface area (Å²) in [6.45, 7) is 6.76. The van der Waals surface area contributed by atoms with Gasteiger partial charge in [0.1, 0.15) is 0 Å². The van der Waals surface area contributed by atoms with Crippen LogP contribution in [-0.2, 0) is 16.0 Å². The molecule has 0 amide bonds. The molecule has 100 valence electrons. The number of nitrogens with one attached hydrogen (secondary N) is 1. The number of rotatable bonds is 6. The minimum absolute atomic E-state index is 0.150. The van der Waals surface area contributed by atoms with Gasteiger partial charge in [0.2, 0.25) is 0 Å². The Bertz CT molecular complexity index is 428. The van der Waals surface area contributed by atoms with E-state index < -0.39 is 0 Å². The van der Waals surface area contributed by atoms with Crippen molar-refractivity contribution >= 4 is 22.4 Å². The molecule has 1 heterocycles. The molecule has 1 aliphatic rings. The van der Waals surface area contributed by atoms with Gasteiger partial charge in [-0.05, 0) is 18.8 Å². The summed E-state index contributed by atoms with van der Waals surface area (Å²) in [5.41, 5.74) is 1.37. The zero-order valence-corrected chi connectivity index (χ0v) is 12.0. The van der Waals surface area contributed by atoms with E-state index in [4.69, 9.17) is 4.74 Å².